The van der Waals surface area contributed by atoms with Gasteiger partial charge in [-0.3, -0.25) is 19.4 Å². The number of nitrogens with zero attached hydrogens (tertiary/aromatic N) is 3. The molecule has 10 heteroatoms. The quantitative estimate of drug-likeness (QED) is 0.297. The zero-order valence-corrected chi connectivity index (χ0v) is 24.7. The van der Waals surface area contributed by atoms with Crippen LogP contribution in [-0.2, 0) is 11.2 Å². The van der Waals surface area contributed by atoms with E-state index in [1.54, 1.807) is 42.2 Å². The van der Waals surface area contributed by atoms with Crippen molar-refractivity contribution < 1.29 is 33.3 Å². The van der Waals surface area contributed by atoms with Gasteiger partial charge in [0.15, 0.2) is 28.8 Å². The van der Waals surface area contributed by atoms with Gasteiger partial charge in [-0.2, -0.15) is 0 Å². The lowest BCUT2D eigenvalue weighted by Gasteiger charge is -2.21. The fraction of sp³-hybridized carbons (Fsp3) is 0.455. The summed E-state index contributed by atoms with van der Waals surface area (Å²) in [6, 6.07) is 7.06. The number of rotatable bonds is 10. The highest BCUT2D eigenvalue weighted by Crippen LogP contribution is 2.39. The van der Waals surface area contributed by atoms with Gasteiger partial charge in [-0.15, -0.1) is 0 Å². The number of ether oxygens (including phenoxy) is 4. The number of methoxy groups -OCH3 is 2. The fourth-order valence-corrected chi connectivity index (χ4v) is 6.36. The van der Waals surface area contributed by atoms with Crippen LogP contribution in [0.2, 0.25) is 0 Å². The van der Waals surface area contributed by atoms with Gasteiger partial charge in [0.2, 0.25) is 0 Å². The summed E-state index contributed by atoms with van der Waals surface area (Å²) in [4.78, 5) is 46.3. The predicted molar refractivity (Wildman–Crippen MR) is 160 cm³/mol. The van der Waals surface area contributed by atoms with Crippen LogP contribution in [0.5, 0.6) is 23.0 Å². The molecule has 6 rings (SSSR count). The van der Waals surface area contributed by atoms with E-state index in [1.165, 1.54) is 0 Å². The number of hydrogen-bond acceptors (Lipinski definition) is 8. The molecule has 0 spiro atoms. The van der Waals surface area contributed by atoms with Crippen molar-refractivity contribution in [3.05, 3.63) is 53.1 Å². The summed E-state index contributed by atoms with van der Waals surface area (Å²) in [5.41, 5.74) is 3.64. The normalized spacial score (nSPS) is 20.7. The van der Waals surface area contributed by atoms with Crippen LogP contribution in [0.3, 0.4) is 0 Å². The SMILES string of the molecule is C=C1C[C@H]2C=Nc3cc(OCCCCCOc4cc5c(cc4OC)C(=O)N4CC(=O)C[C@H]4CC5)c(OC)cc3C(=O)N2C1. The summed E-state index contributed by atoms with van der Waals surface area (Å²) < 4.78 is 23.2. The third-order valence-electron chi connectivity index (χ3n) is 8.63. The molecule has 2 aromatic carbocycles. The highest BCUT2D eigenvalue weighted by molar-refractivity contribution is 6.04. The molecule has 4 aliphatic heterocycles. The molecule has 2 fully saturated rings. The number of carbonyl (C=O) groups excluding carboxylic acids is 3. The van der Waals surface area contributed by atoms with E-state index in [4.69, 9.17) is 18.9 Å². The van der Waals surface area contributed by atoms with Crippen molar-refractivity contribution in [2.24, 2.45) is 4.99 Å². The summed E-state index contributed by atoms with van der Waals surface area (Å²) >= 11 is 0. The molecular weight excluding hydrogens is 550 g/mol. The molecule has 2 atom stereocenters. The Kier molecular flexibility index (Phi) is 8.10. The molecule has 226 valence electrons. The first-order chi connectivity index (χ1) is 20.9. The molecule has 0 bridgehead atoms. The summed E-state index contributed by atoms with van der Waals surface area (Å²) in [6.45, 7) is 5.73. The Labute approximate surface area is 251 Å². The van der Waals surface area contributed by atoms with Crippen molar-refractivity contribution in [1.29, 1.82) is 0 Å². The van der Waals surface area contributed by atoms with Crippen molar-refractivity contribution in [1.82, 2.24) is 9.80 Å². The summed E-state index contributed by atoms with van der Waals surface area (Å²) in [5.74, 6) is 2.14. The standard InChI is InChI=1S/C33H37N3O7/c1-20-11-23-17-34-27-16-31(29(41-3)15-26(27)33(39)35(23)18-20)43-10-6-4-5-9-42-30-12-21-7-8-22-13-24(37)19-36(22)32(38)25(21)14-28(30)40-2/h12,14-17,22-23H,1,4-11,13,18-19H2,2-3H3/t22-,23+/m1/s1. The van der Waals surface area contributed by atoms with Crippen LogP contribution in [0.4, 0.5) is 5.69 Å². The molecule has 4 aliphatic rings. The third-order valence-corrected chi connectivity index (χ3v) is 8.63. The molecule has 0 unspecified atom stereocenters. The second kappa shape index (κ2) is 12.1. The molecule has 0 N–H and O–H groups in total. The minimum Gasteiger partial charge on any atom is -0.493 e. The third kappa shape index (κ3) is 5.70. The van der Waals surface area contributed by atoms with Crippen molar-refractivity contribution >= 4 is 29.5 Å². The Bertz CT molecular complexity index is 1500. The van der Waals surface area contributed by atoms with Crippen LogP contribution >= 0.6 is 0 Å². The minimum absolute atomic E-state index is 0.0236. The van der Waals surface area contributed by atoms with E-state index in [2.05, 4.69) is 11.6 Å². The Hall–Kier alpha value is -4.34. The smallest absolute Gasteiger partial charge is 0.257 e. The first-order valence-corrected chi connectivity index (χ1v) is 14.9. The maximum absolute atomic E-state index is 13.2. The van der Waals surface area contributed by atoms with Gasteiger partial charge in [0.1, 0.15) is 0 Å². The zero-order valence-electron chi connectivity index (χ0n) is 24.7. The molecule has 0 saturated carbocycles. The van der Waals surface area contributed by atoms with Gasteiger partial charge in [-0.05, 0) is 62.3 Å². The Morgan fingerprint density at radius 1 is 0.814 bits per heavy atom. The molecule has 43 heavy (non-hydrogen) atoms. The van der Waals surface area contributed by atoms with E-state index in [9.17, 15) is 14.4 Å². The van der Waals surface area contributed by atoms with Gasteiger partial charge in [-0.1, -0.05) is 12.2 Å². The van der Waals surface area contributed by atoms with Crippen LogP contribution in [0.1, 0.15) is 64.8 Å². The minimum atomic E-state index is -0.107. The highest BCUT2D eigenvalue weighted by atomic mass is 16.5. The monoisotopic (exact) mass is 587 g/mol. The van der Waals surface area contributed by atoms with Crippen LogP contribution in [0.25, 0.3) is 0 Å². The number of benzene rings is 2. The van der Waals surface area contributed by atoms with Crippen LogP contribution < -0.4 is 18.9 Å². The van der Waals surface area contributed by atoms with Crippen LogP contribution in [0.15, 0.2) is 41.4 Å². The topological polar surface area (TPSA) is 107 Å². The van der Waals surface area contributed by atoms with Crippen LogP contribution in [0, 0.1) is 0 Å². The highest BCUT2D eigenvalue weighted by Gasteiger charge is 2.38. The number of unbranched alkanes of at least 4 members (excludes halogenated alkanes) is 2. The van der Waals surface area contributed by atoms with E-state index in [0.29, 0.717) is 72.4 Å². The summed E-state index contributed by atoms with van der Waals surface area (Å²) in [7, 11) is 3.13. The number of fused-ring (bicyclic) bond motifs is 4. The Morgan fingerprint density at radius 3 is 2.21 bits per heavy atom. The van der Waals surface area contributed by atoms with E-state index < -0.39 is 0 Å². The molecule has 10 nitrogen and oxygen atoms in total. The number of ketones is 1. The molecule has 2 saturated heterocycles. The van der Waals surface area contributed by atoms with E-state index in [-0.39, 0.29) is 36.2 Å². The maximum Gasteiger partial charge on any atom is 0.257 e. The first-order valence-electron chi connectivity index (χ1n) is 14.9. The lowest BCUT2D eigenvalue weighted by atomic mass is 10.0. The second-order valence-electron chi connectivity index (χ2n) is 11.5. The number of amides is 2. The lowest BCUT2D eigenvalue weighted by Crippen LogP contribution is -2.35. The zero-order chi connectivity index (χ0) is 30.1. The average Bonchev–Trinajstić information content (AvgIpc) is 3.51. The van der Waals surface area contributed by atoms with Gasteiger partial charge < -0.3 is 28.7 Å². The van der Waals surface area contributed by atoms with Crippen molar-refractivity contribution in [2.75, 3.05) is 40.5 Å². The molecule has 0 aromatic heterocycles. The van der Waals surface area contributed by atoms with Crippen LogP contribution in [-0.4, -0.2) is 86.2 Å². The average molecular weight is 588 g/mol. The van der Waals surface area contributed by atoms with E-state index >= 15 is 0 Å². The number of Topliss-reactive ketones (excluding diaryl/α,β-unsaturated/α-hetero) is 1. The van der Waals surface area contributed by atoms with Crippen molar-refractivity contribution in [3.63, 3.8) is 0 Å². The predicted octanol–water partition coefficient (Wildman–Crippen LogP) is 4.55. The largest absolute Gasteiger partial charge is 0.493 e. The number of carbonyl (C=O) groups is 3. The molecule has 0 aliphatic carbocycles. The number of hydrogen-bond donors (Lipinski definition) is 0. The molecule has 2 amide bonds. The molecule has 4 heterocycles. The lowest BCUT2D eigenvalue weighted by molar-refractivity contribution is -0.116. The van der Waals surface area contributed by atoms with Gasteiger partial charge in [-0.25, -0.2) is 0 Å². The molecular formula is C33H37N3O7. The number of aryl methyl sites for hydroxylation is 1. The fourth-order valence-electron chi connectivity index (χ4n) is 6.36. The van der Waals surface area contributed by atoms with Gasteiger partial charge in [0.25, 0.3) is 11.8 Å². The van der Waals surface area contributed by atoms with Gasteiger partial charge in [0, 0.05) is 36.9 Å². The summed E-state index contributed by atoms with van der Waals surface area (Å²) in [5, 5.41) is 0. The number of aliphatic imine (C=N–C) groups is 1. The van der Waals surface area contributed by atoms with Crippen molar-refractivity contribution in [3.8, 4) is 23.0 Å². The summed E-state index contributed by atoms with van der Waals surface area (Å²) in [6.07, 6.45) is 6.96. The first kappa shape index (κ1) is 28.8. The second-order valence-corrected chi connectivity index (χ2v) is 11.5. The van der Waals surface area contributed by atoms with E-state index in [0.717, 1.165) is 43.2 Å². The maximum atomic E-state index is 13.2. The Morgan fingerprint density at radius 2 is 1.49 bits per heavy atom. The van der Waals surface area contributed by atoms with Gasteiger partial charge >= 0.3 is 0 Å². The van der Waals surface area contributed by atoms with E-state index in [1.807, 2.05) is 12.3 Å². The Balaban J connectivity index is 1.01. The molecule has 0 radical (unpaired) electrons. The molecule has 2 aromatic rings. The van der Waals surface area contributed by atoms with Gasteiger partial charge in [0.05, 0.1) is 51.3 Å². The van der Waals surface area contributed by atoms with Crippen molar-refractivity contribution in [2.45, 2.75) is 57.0 Å².